The molecule has 2 saturated carbocycles. The summed E-state index contributed by atoms with van der Waals surface area (Å²) in [6, 6.07) is 6.55. The molecule has 2 aliphatic rings. The van der Waals surface area contributed by atoms with Crippen molar-refractivity contribution in [1.29, 1.82) is 0 Å². The minimum Gasteiger partial charge on any atom is -0.494 e. The normalized spacial score (nSPS) is 15.3. The van der Waals surface area contributed by atoms with Crippen LogP contribution < -0.4 is 21.1 Å². The lowest BCUT2D eigenvalue weighted by atomic mass is 10.1. The number of rotatable bonds is 11. The number of amides is 2. The second kappa shape index (κ2) is 9.98. The number of benzene rings is 1. The van der Waals surface area contributed by atoms with Crippen LogP contribution in [-0.4, -0.2) is 64.3 Å². The summed E-state index contributed by atoms with van der Waals surface area (Å²) in [7, 11) is -0.480. The summed E-state index contributed by atoms with van der Waals surface area (Å²) < 4.78 is 37.0. The number of hydrogen-bond acceptors (Lipinski definition) is 11. The van der Waals surface area contributed by atoms with Crippen LogP contribution in [0.5, 0.6) is 5.75 Å². The highest BCUT2D eigenvalue weighted by Gasteiger charge is 2.39. The first-order valence-corrected chi connectivity index (χ1v) is 13.4. The molecular formula is C23H26N8O6S. The Morgan fingerprint density at radius 1 is 1.18 bits per heavy atom. The van der Waals surface area contributed by atoms with E-state index >= 15 is 0 Å². The molecule has 2 heterocycles. The Hall–Kier alpha value is -4.11. The van der Waals surface area contributed by atoms with Crippen LogP contribution in [0.4, 0.5) is 17.2 Å². The third-order valence-corrected chi connectivity index (χ3v) is 8.47. The Labute approximate surface area is 218 Å². The molecule has 2 fully saturated rings. The first-order valence-electron chi connectivity index (χ1n) is 11.9. The summed E-state index contributed by atoms with van der Waals surface area (Å²) in [4.78, 5) is 28.5. The Morgan fingerprint density at radius 3 is 2.61 bits per heavy atom. The Bertz CT molecular complexity index is 1500. The topological polar surface area (TPSA) is 196 Å². The van der Waals surface area contributed by atoms with Crippen LogP contribution in [0.3, 0.4) is 0 Å². The van der Waals surface area contributed by atoms with Gasteiger partial charge in [-0.25, -0.2) is 8.42 Å². The molecular weight excluding hydrogens is 516 g/mol. The monoisotopic (exact) mass is 542 g/mol. The Kier molecular flexibility index (Phi) is 6.71. The lowest BCUT2D eigenvalue weighted by Crippen LogP contribution is -2.29. The van der Waals surface area contributed by atoms with Crippen LogP contribution in [0.15, 0.2) is 28.8 Å². The van der Waals surface area contributed by atoms with Gasteiger partial charge in [-0.1, -0.05) is 11.2 Å². The van der Waals surface area contributed by atoms with Gasteiger partial charge in [-0.15, -0.1) is 10.2 Å². The van der Waals surface area contributed by atoms with E-state index in [-0.39, 0.29) is 52.5 Å². The molecule has 4 N–H and O–H groups in total. The number of sulfonamides is 1. The summed E-state index contributed by atoms with van der Waals surface area (Å²) in [6.07, 6.45) is 2.94. The van der Waals surface area contributed by atoms with Crippen LogP contribution in [0.1, 0.15) is 42.1 Å². The molecule has 0 unspecified atom stereocenters. The second-order valence-corrected chi connectivity index (χ2v) is 11.5. The van der Waals surface area contributed by atoms with Crippen LogP contribution in [-0.2, 0) is 21.4 Å². The average Bonchev–Trinajstić information content (AvgIpc) is 3.81. The molecule has 0 atom stereocenters. The number of methoxy groups -OCH3 is 1. The molecule has 1 aromatic carbocycles. The zero-order chi connectivity index (χ0) is 27.0. The van der Waals surface area contributed by atoms with Gasteiger partial charge in [0.2, 0.25) is 27.6 Å². The lowest BCUT2D eigenvalue weighted by molar-refractivity contribution is -0.117. The van der Waals surface area contributed by atoms with Crippen molar-refractivity contribution in [2.45, 2.75) is 37.5 Å². The van der Waals surface area contributed by atoms with Crippen molar-refractivity contribution in [3.8, 4) is 17.1 Å². The quantitative estimate of drug-likeness (QED) is 0.319. The van der Waals surface area contributed by atoms with Crippen molar-refractivity contribution < 1.29 is 27.3 Å². The molecule has 0 spiro atoms. The summed E-state index contributed by atoms with van der Waals surface area (Å²) in [6.45, 7) is -0.0634. The molecule has 2 aliphatic carbocycles. The van der Waals surface area contributed by atoms with E-state index in [9.17, 15) is 18.0 Å². The first-order chi connectivity index (χ1) is 18.2. The highest BCUT2D eigenvalue weighted by molar-refractivity contribution is 7.90. The molecule has 200 valence electrons. The van der Waals surface area contributed by atoms with Gasteiger partial charge in [0.25, 0.3) is 5.91 Å². The summed E-state index contributed by atoms with van der Waals surface area (Å²) >= 11 is 0. The molecule has 38 heavy (non-hydrogen) atoms. The zero-order valence-corrected chi connectivity index (χ0v) is 21.5. The first kappa shape index (κ1) is 25.5. The van der Waals surface area contributed by atoms with Gasteiger partial charge >= 0.3 is 0 Å². The number of carbonyl (C=O) groups excluding carboxylic acids is 2. The standard InChI is InChI=1S/C23H26N8O6S/c1-31(38(34,35)13-8-9-13)11-18-27-22(30-37-18)14-4-3-5-15(20(14)36-2)25-16-10-17(26-23(33)12-6-7-12)28-29-19(16)21(24)32/h3-5,10,12-13H,6-9,11H2,1-2H3,(H2,24,32)(H2,25,26,28,33). The van der Waals surface area contributed by atoms with Gasteiger partial charge < -0.3 is 25.6 Å². The molecule has 2 amide bonds. The number of carbonyl (C=O) groups is 2. The molecule has 0 saturated heterocycles. The number of nitrogens with zero attached hydrogens (tertiary/aromatic N) is 5. The predicted molar refractivity (Wildman–Crippen MR) is 135 cm³/mol. The zero-order valence-electron chi connectivity index (χ0n) is 20.7. The van der Waals surface area contributed by atoms with E-state index in [2.05, 4.69) is 31.0 Å². The number of primary amides is 1. The van der Waals surface area contributed by atoms with Gasteiger partial charge in [0.1, 0.15) is 0 Å². The molecule has 5 rings (SSSR count). The smallest absolute Gasteiger partial charge is 0.271 e. The van der Waals surface area contributed by atoms with E-state index in [0.29, 0.717) is 29.8 Å². The number of hydrogen-bond donors (Lipinski definition) is 3. The minimum absolute atomic E-state index is 0.0470. The number of nitrogens with two attached hydrogens (primary N) is 1. The summed E-state index contributed by atoms with van der Waals surface area (Å²) in [5, 5.41) is 17.2. The third-order valence-electron chi connectivity index (χ3n) is 6.16. The fourth-order valence-corrected chi connectivity index (χ4v) is 5.34. The SMILES string of the molecule is COc1c(Nc2cc(NC(=O)C3CC3)nnc2C(N)=O)cccc1-c1noc(CN(C)S(=O)(=O)C2CC2)n1. The fraction of sp³-hybridized carbons (Fsp3) is 0.391. The van der Waals surface area contributed by atoms with Gasteiger partial charge in [-0.3, -0.25) is 9.59 Å². The van der Waals surface area contributed by atoms with Crippen LogP contribution in [0.2, 0.25) is 0 Å². The van der Waals surface area contributed by atoms with Crippen molar-refractivity contribution in [3.05, 3.63) is 35.9 Å². The van der Waals surface area contributed by atoms with Crippen molar-refractivity contribution in [2.24, 2.45) is 11.7 Å². The van der Waals surface area contributed by atoms with Crippen molar-refractivity contribution in [3.63, 3.8) is 0 Å². The van der Waals surface area contributed by atoms with E-state index in [1.54, 1.807) is 18.2 Å². The van der Waals surface area contributed by atoms with E-state index in [1.165, 1.54) is 24.5 Å². The van der Waals surface area contributed by atoms with Gasteiger partial charge in [0, 0.05) is 19.0 Å². The summed E-state index contributed by atoms with van der Waals surface area (Å²) in [5.41, 5.74) is 6.42. The molecule has 2 aromatic heterocycles. The van der Waals surface area contributed by atoms with Crippen molar-refractivity contribution in [1.82, 2.24) is 24.6 Å². The van der Waals surface area contributed by atoms with Crippen molar-refractivity contribution in [2.75, 3.05) is 24.8 Å². The molecule has 0 aliphatic heterocycles. The molecule has 3 aromatic rings. The van der Waals surface area contributed by atoms with Gasteiger partial charge in [-0.05, 0) is 37.8 Å². The number of aromatic nitrogens is 4. The van der Waals surface area contributed by atoms with E-state index in [4.69, 9.17) is 15.0 Å². The molecule has 14 nitrogen and oxygen atoms in total. The van der Waals surface area contributed by atoms with Crippen molar-refractivity contribution >= 4 is 39.0 Å². The van der Waals surface area contributed by atoms with Gasteiger partial charge in [0.05, 0.1) is 35.8 Å². The van der Waals surface area contributed by atoms with Gasteiger partial charge in [0.15, 0.2) is 17.3 Å². The highest BCUT2D eigenvalue weighted by Crippen LogP contribution is 2.38. The molecule has 15 heteroatoms. The number of ether oxygens (including phenoxy) is 1. The Morgan fingerprint density at radius 2 is 1.95 bits per heavy atom. The van der Waals surface area contributed by atoms with E-state index in [1.807, 2.05) is 0 Å². The van der Waals surface area contributed by atoms with Crippen LogP contribution in [0, 0.1) is 5.92 Å². The second-order valence-electron chi connectivity index (χ2n) is 9.14. The number of anilines is 3. The van der Waals surface area contributed by atoms with Crippen LogP contribution >= 0.6 is 0 Å². The lowest BCUT2D eigenvalue weighted by Gasteiger charge is -2.15. The maximum Gasteiger partial charge on any atom is 0.271 e. The number of nitrogens with one attached hydrogen (secondary N) is 2. The predicted octanol–water partition coefficient (Wildman–Crippen LogP) is 1.65. The fourth-order valence-electron chi connectivity index (χ4n) is 3.81. The third kappa shape index (κ3) is 5.28. The van der Waals surface area contributed by atoms with Crippen LogP contribution in [0.25, 0.3) is 11.4 Å². The molecule has 0 radical (unpaired) electrons. The maximum absolute atomic E-state index is 12.4. The van der Waals surface area contributed by atoms with E-state index < -0.39 is 15.9 Å². The van der Waals surface area contributed by atoms with Gasteiger partial charge in [-0.2, -0.15) is 9.29 Å². The summed E-state index contributed by atoms with van der Waals surface area (Å²) in [5.74, 6) is -0.250. The largest absolute Gasteiger partial charge is 0.494 e. The average molecular weight is 543 g/mol. The Balaban J connectivity index is 1.41. The highest BCUT2D eigenvalue weighted by atomic mass is 32.2. The minimum atomic E-state index is -3.40. The van der Waals surface area contributed by atoms with E-state index in [0.717, 1.165) is 12.8 Å². The maximum atomic E-state index is 12.4. The molecule has 0 bridgehead atoms. The number of para-hydroxylation sites is 1.